The van der Waals surface area contributed by atoms with Crippen molar-refractivity contribution in [1.29, 1.82) is 0 Å². The number of carboxylic acid groups (broad SMARTS) is 1. The van der Waals surface area contributed by atoms with Crippen LogP contribution < -0.4 is 4.72 Å². The van der Waals surface area contributed by atoms with Crippen LogP contribution in [-0.2, 0) is 22.9 Å². The quantitative estimate of drug-likeness (QED) is 0.288. The number of sulfonamides is 1. The summed E-state index contributed by atoms with van der Waals surface area (Å²) in [5.74, 6) is -0.946. The molecular formula is C25H22ClNO4S2. The lowest BCUT2D eigenvalue weighted by Crippen LogP contribution is -2.14. The third-order valence-corrected chi connectivity index (χ3v) is 8.99. The molecule has 33 heavy (non-hydrogen) atoms. The van der Waals surface area contributed by atoms with Crippen molar-refractivity contribution in [2.24, 2.45) is 0 Å². The summed E-state index contributed by atoms with van der Waals surface area (Å²) in [7, 11) is -3.79. The number of carboxylic acids is 1. The monoisotopic (exact) mass is 499 g/mol. The Bertz CT molecular complexity index is 1440. The molecule has 0 bridgehead atoms. The molecule has 8 heteroatoms. The van der Waals surface area contributed by atoms with Gasteiger partial charge in [0.15, 0.2) is 0 Å². The van der Waals surface area contributed by atoms with Gasteiger partial charge in [-0.05, 0) is 78.6 Å². The van der Waals surface area contributed by atoms with Crippen LogP contribution in [0.3, 0.4) is 0 Å². The van der Waals surface area contributed by atoms with E-state index in [0.717, 1.165) is 21.2 Å². The van der Waals surface area contributed by atoms with Crippen LogP contribution in [0.5, 0.6) is 0 Å². The van der Waals surface area contributed by atoms with Gasteiger partial charge in [-0.25, -0.2) is 13.2 Å². The summed E-state index contributed by atoms with van der Waals surface area (Å²) in [6.45, 7) is 1.79. The van der Waals surface area contributed by atoms with Gasteiger partial charge in [-0.1, -0.05) is 48.0 Å². The zero-order valence-corrected chi connectivity index (χ0v) is 20.2. The highest BCUT2D eigenvalue weighted by atomic mass is 35.5. The molecule has 0 radical (unpaired) electrons. The van der Waals surface area contributed by atoms with E-state index in [1.807, 2.05) is 30.3 Å². The van der Waals surface area contributed by atoms with Crippen LogP contribution in [0, 0.1) is 6.92 Å². The van der Waals surface area contributed by atoms with Crippen LogP contribution in [0.1, 0.15) is 33.5 Å². The van der Waals surface area contributed by atoms with Crippen LogP contribution in [0.4, 0.5) is 5.69 Å². The molecular weight excluding hydrogens is 478 g/mol. The summed E-state index contributed by atoms with van der Waals surface area (Å²) in [4.78, 5) is 11.4. The minimum Gasteiger partial charge on any atom is -0.478 e. The van der Waals surface area contributed by atoms with Crippen molar-refractivity contribution in [2.75, 3.05) is 4.72 Å². The van der Waals surface area contributed by atoms with E-state index in [2.05, 4.69) is 4.72 Å². The summed E-state index contributed by atoms with van der Waals surface area (Å²) in [5, 5.41) is 10.8. The maximum atomic E-state index is 13.2. The lowest BCUT2D eigenvalue weighted by atomic mass is 9.99. The minimum atomic E-state index is -3.79. The van der Waals surface area contributed by atoms with Crippen LogP contribution >= 0.6 is 22.9 Å². The standard InChI is InChI=1S/C25H22ClNO4S2/c1-16-21-15-19(26)13-14-23(21)32-25(16)33(30,31)27-22-12-5-3-8-18(22)10-6-9-17-7-2-4-11-20(17)24(28)29/h2-5,7-8,11-15,27H,6,9-10H2,1H3,(H,28,29). The molecule has 0 fully saturated rings. The topological polar surface area (TPSA) is 83.5 Å². The number of hydrogen-bond acceptors (Lipinski definition) is 4. The number of aromatic carboxylic acids is 1. The van der Waals surface area contributed by atoms with Crippen molar-refractivity contribution in [2.45, 2.75) is 30.4 Å². The zero-order chi connectivity index (χ0) is 23.6. The van der Waals surface area contributed by atoms with Gasteiger partial charge < -0.3 is 5.11 Å². The van der Waals surface area contributed by atoms with Crippen molar-refractivity contribution in [3.8, 4) is 0 Å². The smallest absolute Gasteiger partial charge is 0.335 e. The van der Waals surface area contributed by atoms with Gasteiger partial charge >= 0.3 is 5.97 Å². The van der Waals surface area contributed by atoms with Crippen molar-refractivity contribution < 1.29 is 18.3 Å². The van der Waals surface area contributed by atoms with Crippen LogP contribution in [0.2, 0.25) is 5.02 Å². The largest absolute Gasteiger partial charge is 0.478 e. The third kappa shape index (κ3) is 5.05. The number of fused-ring (bicyclic) bond motifs is 1. The summed E-state index contributed by atoms with van der Waals surface area (Å²) < 4.78 is 30.4. The SMILES string of the molecule is Cc1c(S(=O)(=O)Nc2ccccc2CCCc2ccccc2C(=O)O)sc2ccc(Cl)cc12. The first-order valence-corrected chi connectivity index (χ1v) is 13.0. The second-order valence-corrected chi connectivity index (χ2v) is 11.1. The Morgan fingerprint density at radius 2 is 1.67 bits per heavy atom. The first-order chi connectivity index (χ1) is 15.8. The fourth-order valence-electron chi connectivity index (χ4n) is 3.87. The molecule has 2 N–H and O–H groups in total. The van der Waals surface area contributed by atoms with Crippen molar-refractivity contribution in [3.63, 3.8) is 0 Å². The maximum Gasteiger partial charge on any atom is 0.335 e. The molecule has 0 amide bonds. The summed E-state index contributed by atoms with van der Waals surface area (Å²) in [5.41, 5.74) is 3.12. The fraction of sp³-hybridized carbons (Fsp3) is 0.160. The Balaban J connectivity index is 1.54. The average Bonchev–Trinajstić information content (AvgIpc) is 3.12. The van der Waals surface area contributed by atoms with E-state index in [1.54, 1.807) is 43.3 Å². The fourth-order valence-corrected chi connectivity index (χ4v) is 6.89. The first-order valence-electron chi connectivity index (χ1n) is 10.4. The third-order valence-electron chi connectivity index (χ3n) is 5.50. The van der Waals surface area contributed by atoms with Crippen LogP contribution in [-0.4, -0.2) is 19.5 Å². The molecule has 170 valence electrons. The molecule has 0 aliphatic carbocycles. The number of anilines is 1. The molecule has 0 aliphatic heterocycles. The summed E-state index contributed by atoms with van der Waals surface area (Å²) in [6.07, 6.45) is 1.87. The Hall–Kier alpha value is -2.87. The second kappa shape index (κ2) is 9.55. The van der Waals surface area contributed by atoms with Gasteiger partial charge in [-0.15, -0.1) is 11.3 Å². The van der Waals surface area contributed by atoms with Gasteiger partial charge in [0.05, 0.1) is 11.3 Å². The van der Waals surface area contributed by atoms with Crippen molar-refractivity contribution in [3.05, 3.63) is 94.0 Å². The lowest BCUT2D eigenvalue weighted by molar-refractivity contribution is 0.0695. The predicted molar refractivity (Wildman–Crippen MR) is 134 cm³/mol. The van der Waals surface area contributed by atoms with Crippen molar-refractivity contribution >= 4 is 54.7 Å². The highest BCUT2D eigenvalue weighted by Gasteiger charge is 2.23. The highest BCUT2D eigenvalue weighted by molar-refractivity contribution is 7.94. The number of carbonyl (C=O) groups is 1. The Kier molecular flexibility index (Phi) is 6.74. The molecule has 5 nitrogen and oxygen atoms in total. The minimum absolute atomic E-state index is 0.268. The molecule has 0 saturated heterocycles. The second-order valence-electron chi connectivity index (χ2n) is 7.73. The van der Waals surface area contributed by atoms with Gasteiger partial charge in [0, 0.05) is 9.72 Å². The van der Waals surface area contributed by atoms with E-state index in [4.69, 9.17) is 11.6 Å². The number of rotatable bonds is 8. The number of aryl methyl sites for hydroxylation is 3. The lowest BCUT2D eigenvalue weighted by Gasteiger charge is -2.13. The van der Waals surface area contributed by atoms with Crippen molar-refractivity contribution in [1.82, 2.24) is 0 Å². The van der Waals surface area contributed by atoms with Gasteiger partial charge in [-0.3, -0.25) is 4.72 Å². The molecule has 0 aliphatic rings. The molecule has 0 unspecified atom stereocenters. The molecule has 0 spiro atoms. The van der Waals surface area contributed by atoms with Crippen LogP contribution in [0.25, 0.3) is 10.1 Å². The summed E-state index contributed by atoms with van der Waals surface area (Å²) >= 11 is 7.31. The predicted octanol–water partition coefficient (Wildman–Crippen LogP) is 6.54. The maximum absolute atomic E-state index is 13.2. The average molecular weight is 500 g/mol. The van der Waals surface area contributed by atoms with E-state index in [0.29, 0.717) is 41.1 Å². The van der Waals surface area contributed by atoms with E-state index in [-0.39, 0.29) is 4.21 Å². The Labute approximate surface area is 201 Å². The number of nitrogens with one attached hydrogen (secondary N) is 1. The normalized spacial score (nSPS) is 11.6. The zero-order valence-electron chi connectivity index (χ0n) is 17.8. The number of halogens is 1. The molecule has 0 saturated carbocycles. The molecule has 1 aromatic heterocycles. The molecule has 4 rings (SSSR count). The Morgan fingerprint density at radius 1 is 1.00 bits per heavy atom. The van der Waals surface area contributed by atoms with Gasteiger partial charge in [0.1, 0.15) is 4.21 Å². The van der Waals surface area contributed by atoms with E-state index < -0.39 is 16.0 Å². The van der Waals surface area contributed by atoms with E-state index in [9.17, 15) is 18.3 Å². The molecule has 1 heterocycles. The number of hydrogen-bond donors (Lipinski definition) is 2. The van der Waals surface area contributed by atoms with Gasteiger partial charge in [0.2, 0.25) is 0 Å². The van der Waals surface area contributed by atoms with Gasteiger partial charge in [-0.2, -0.15) is 0 Å². The number of para-hydroxylation sites is 1. The highest BCUT2D eigenvalue weighted by Crippen LogP contribution is 2.36. The van der Waals surface area contributed by atoms with E-state index in [1.165, 1.54) is 11.3 Å². The molecule has 0 atom stereocenters. The Morgan fingerprint density at radius 3 is 2.42 bits per heavy atom. The number of benzene rings is 3. The van der Waals surface area contributed by atoms with Gasteiger partial charge in [0.25, 0.3) is 10.0 Å². The number of thiophene rings is 1. The summed E-state index contributed by atoms with van der Waals surface area (Å²) in [6, 6.07) is 19.6. The first kappa shape index (κ1) is 23.3. The molecule has 4 aromatic rings. The van der Waals surface area contributed by atoms with E-state index >= 15 is 0 Å². The molecule has 3 aromatic carbocycles. The van der Waals surface area contributed by atoms with Crippen LogP contribution in [0.15, 0.2) is 70.9 Å².